The van der Waals surface area contributed by atoms with Crippen molar-refractivity contribution >= 4 is 50.2 Å². The van der Waals surface area contributed by atoms with Gasteiger partial charge < -0.3 is 10.6 Å². The van der Waals surface area contributed by atoms with Gasteiger partial charge in [-0.1, -0.05) is 41.9 Å². The van der Waals surface area contributed by atoms with E-state index in [1.54, 1.807) is 18.2 Å². The van der Waals surface area contributed by atoms with Crippen molar-refractivity contribution in [2.45, 2.75) is 27.7 Å². The van der Waals surface area contributed by atoms with Crippen molar-refractivity contribution in [3.63, 3.8) is 0 Å². The van der Waals surface area contributed by atoms with Gasteiger partial charge in [-0.2, -0.15) is 0 Å². The summed E-state index contributed by atoms with van der Waals surface area (Å²) < 4.78 is 2.18. The molecule has 0 spiro atoms. The average Bonchev–Trinajstić information content (AvgIpc) is 3.06. The number of amides is 3. The first-order valence-electron chi connectivity index (χ1n) is 9.95. The SMILES string of the molecule is Cc1cccc(NC(=O)c2cc3cc(Br)ccc3n2NC(=O)C(=O)NCC(C)C)c1C. The third-order valence-electron chi connectivity index (χ3n) is 4.94. The molecule has 31 heavy (non-hydrogen) atoms. The van der Waals surface area contributed by atoms with Crippen LogP contribution >= 0.6 is 15.9 Å². The maximum Gasteiger partial charge on any atom is 0.328 e. The zero-order chi connectivity index (χ0) is 22.7. The number of hydrogen-bond acceptors (Lipinski definition) is 3. The number of aryl methyl sites for hydroxylation is 1. The fourth-order valence-corrected chi connectivity index (χ4v) is 3.45. The lowest BCUT2D eigenvalue weighted by Gasteiger charge is -2.14. The van der Waals surface area contributed by atoms with Crippen LogP contribution in [0.3, 0.4) is 0 Å². The summed E-state index contributed by atoms with van der Waals surface area (Å²) in [5.41, 5.74) is 6.06. The third-order valence-corrected chi connectivity index (χ3v) is 5.43. The van der Waals surface area contributed by atoms with Crippen LogP contribution in [-0.4, -0.2) is 28.9 Å². The fourth-order valence-electron chi connectivity index (χ4n) is 3.08. The van der Waals surface area contributed by atoms with Gasteiger partial charge in [-0.25, -0.2) is 4.68 Å². The molecule has 7 nitrogen and oxygen atoms in total. The Hall–Kier alpha value is -3.13. The minimum Gasteiger partial charge on any atom is -0.348 e. The van der Waals surface area contributed by atoms with Gasteiger partial charge in [0.05, 0.1) is 5.52 Å². The number of aromatic nitrogens is 1. The fraction of sp³-hybridized carbons (Fsp3) is 0.261. The molecule has 0 bridgehead atoms. The van der Waals surface area contributed by atoms with Crippen LogP contribution in [0.5, 0.6) is 0 Å². The van der Waals surface area contributed by atoms with E-state index in [1.165, 1.54) is 4.68 Å². The van der Waals surface area contributed by atoms with Crippen molar-refractivity contribution < 1.29 is 14.4 Å². The normalized spacial score (nSPS) is 10.9. The number of halogens is 1. The maximum atomic E-state index is 13.1. The van der Waals surface area contributed by atoms with Gasteiger partial charge in [0, 0.05) is 22.1 Å². The number of hydrogen-bond donors (Lipinski definition) is 3. The first-order valence-corrected chi connectivity index (χ1v) is 10.7. The summed E-state index contributed by atoms with van der Waals surface area (Å²) in [4.78, 5) is 37.8. The standard InChI is InChI=1S/C23H25BrN4O3/c1-13(2)12-25-22(30)23(31)27-28-19-9-8-17(24)10-16(19)11-20(28)21(29)26-18-7-5-6-14(3)15(18)4/h5-11,13H,12H2,1-4H3,(H,25,30)(H,26,29)(H,27,31). The lowest BCUT2D eigenvalue weighted by atomic mass is 10.1. The summed E-state index contributed by atoms with van der Waals surface area (Å²) in [6, 6.07) is 12.7. The molecule has 3 aromatic rings. The Balaban J connectivity index is 1.95. The van der Waals surface area contributed by atoms with Gasteiger partial charge in [-0.3, -0.25) is 19.8 Å². The second kappa shape index (κ2) is 9.34. The number of carbonyl (C=O) groups is 3. The summed E-state index contributed by atoms with van der Waals surface area (Å²) in [7, 11) is 0. The van der Waals surface area contributed by atoms with Crippen LogP contribution in [0.25, 0.3) is 10.9 Å². The molecular formula is C23H25BrN4O3. The lowest BCUT2D eigenvalue weighted by Crippen LogP contribution is -2.41. The Morgan fingerprint density at radius 3 is 2.48 bits per heavy atom. The molecule has 2 aromatic carbocycles. The number of benzene rings is 2. The number of nitrogens with one attached hydrogen (secondary N) is 3. The molecule has 0 aliphatic heterocycles. The minimum absolute atomic E-state index is 0.207. The molecular weight excluding hydrogens is 460 g/mol. The van der Waals surface area contributed by atoms with E-state index in [9.17, 15) is 14.4 Å². The molecule has 1 aromatic heterocycles. The Morgan fingerprint density at radius 2 is 1.77 bits per heavy atom. The Labute approximate surface area is 189 Å². The predicted molar refractivity (Wildman–Crippen MR) is 126 cm³/mol. The zero-order valence-corrected chi connectivity index (χ0v) is 19.5. The molecule has 0 saturated carbocycles. The molecule has 0 saturated heterocycles. The first-order chi connectivity index (χ1) is 14.7. The first kappa shape index (κ1) is 22.6. The Kier molecular flexibility index (Phi) is 6.80. The van der Waals surface area contributed by atoms with Gasteiger partial charge in [-0.05, 0) is 61.2 Å². The van der Waals surface area contributed by atoms with Gasteiger partial charge in [0.25, 0.3) is 5.91 Å². The molecule has 162 valence electrons. The van der Waals surface area contributed by atoms with E-state index in [1.807, 2.05) is 52.0 Å². The molecule has 8 heteroatoms. The molecule has 0 unspecified atom stereocenters. The number of nitrogens with zero attached hydrogens (tertiary/aromatic N) is 1. The van der Waals surface area contributed by atoms with Gasteiger partial charge in [-0.15, -0.1) is 0 Å². The topological polar surface area (TPSA) is 92.2 Å². The molecule has 0 fully saturated rings. The zero-order valence-electron chi connectivity index (χ0n) is 17.9. The highest BCUT2D eigenvalue weighted by Gasteiger charge is 2.21. The van der Waals surface area contributed by atoms with Crippen molar-refractivity contribution in [2.75, 3.05) is 17.3 Å². The molecule has 0 aliphatic carbocycles. The smallest absolute Gasteiger partial charge is 0.328 e. The highest BCUT2D eigenvalue weighted by Crippen LogP contribution is 2.25. The second-order valence-corrected chi connectivity index (χ2v) is 8.73. The van der Waals surface area contributed by atoms with Gasteiger partial charge >= 0.3 is 11.8 Å². The van der Waals surface area contributed by atoms with E-state index in [-0.39, 0.29) is 11.6 Å². The van der Waals surface area contributed by atoms with Crippen molar-refractivity contribution in [1.82, 2.24) is 9.99 Å². The molecule has 0 radical (unpaired) electrons. The van der Waals surface area contributed by atoms with E-state index < -0.39 is 17.7 Å². The third kappa shape index (κ3) is 5.14. The van der Waals surface area contributed by atoms with Crippen molar-refractivity contribution in [1.29, 1.82) is 0 Å². The molecule has 0 atom stereocenters. The highest BCUT2D eigenvalue weighted by molar-refractivity contribution is 9.10. The summed E-state index contributed by atoms with van der Waals surface area (Å²) >= 11 is 3.42. The van der Waals surface area contributed by atoms with E-state index in [0.29, 0.717) is 17.7 Å². The van der Waals surface area contributed by atoms with E-state index in [2.05, 4.69) is 32.0 Å². The second-order valence-electron chi connectivity index (χ2n) is 7.81. The number of fused-ring (bicyclic) bond motifs is 1. The monoisotopic (exact) mass is 484 g/mol. The van der Waals surface area contributed by atoms with Gasteiger partial charge in [0.2, 0.25) is 0 Å². The highest BCUT2D eigenvalue weighted by atomic mass is 79.9. The number of rotatable bonds is 5. The number of anilines is 1. The largest absolute Gasteiger partial charge is 0.348 e. The predicted octanol–water partition coefficient (Wildman–Crippen LogP) is 4.12. The van der Waals surface area contributed by atoms with Crippen LogP contribution in [0.15, 0.2) is 46.9 Å². The van der Waals surface area contributed by atoms with Gasteiger partial charge in [0.15, 0.2) is 0 Å². The Bertz CT molecular complexity index is 1170. The van der Waals surface area contributed by atoms with Crippen LogP contribution in [0.2, 0.25) is 0 Å². The summed E-state index contributed by atoms with van der Waals surface area (Å²) in [6.45, 7) is 8.15. The maximum absolute atomic E-state index is 13.1. The van der Waals surface area contributed by atoms with Crippen molar-refractivity contribution in [2.24, 2.45) is 5.92 Å². The van der Waals surface area contributed by atoms with Crippen LogP contribution in [0, 0.1) is 19.8 Å². The van der Waals surface area contributed by atoms with Crippen LogP contribution in [0.4, 0.5) is 5.69 Å². The van der Waals surface area contributed by atoms with Crippen LogP contribution in [0.1, 0.15) is 35.5 Å². The number of carbonyl (C=O) groups excluding carboxylic acids is 3. The van der Waals surface area contributed by atoms with E-state index in [0.717, 1.165) is 21.0 Å². The van der Waals surface area contributed by atoms with Crippen LogP contribution in [-0.2, 0) is 9.59 Å². The summed E-state index contributed by atoms with van der Waals surface area (Å²) in [6.07, 6.45) is 0. The average molecular weight is 485 g/mol. The van der Waals surface area contributed by atoms with E-state index in [4.69, 9.17) is 0 Å². The lowest BCUT2D eigenvalue weighted by molar-refractivity contribution is -0.136. The molecule has 3 N–H and O–H groups in total. The Morgan fingerprint density at radius 1 is 1.03 bits per heavy atom. The van der Waals surface area contributed by atoms with Crippen LogP contribution < -0.4 is 16.1 Å². The molecule has 1 heterocycles. The van der Waals surface area contributed by atoms with E-state index >= 15 is 0 Å². The summed E-state index contributed by atoms with van der Waals surface area (Å²) in [5.74, 6) is -1.79. The van der Waals surface area contributed by atoms with Gasteiger partial charge in [0.1, 0.15) is 5.69 Å². The quantitative estimate of drug-likeness (QED) is 0.475. The van der Waals surface area contributed by atoms with Crippen molar-refractivity contribution in [3.8, 4) is 0 Å². The molecule has 3 amide bonds. The molecule has 0 aliphatic rings. The summed E-state index contributed by atoms with van der Waals surface area (Å²) in [5, 5.41) is 6.22. The van der Waals surface area contributed by atoms with Crippen molar-refractivity contribution in [3.05, 3.63) is 63.8 Å². The molecule has 3 rings (SSSR count). The minimum atomic E-state index is -0.846.